The van der Waals surface area contributed by atoms with Crippen LogP contribution < -0.4 is 11.1 Å². The van der Waals surface area contributed by atoms with Crippen LogP contribution in [0.4, 0.5) is 13.2 Å². The number of rotatable bonds is 5. The molecule has 0 aliphatic rings. The van der Waals surface area contributed by atoms with Gasteiger partial charge in [0.05, 0.1) is 28.1 Å². The van der Waals surface area contributed by atoms with Gasteiger partial charge in [0.2, 0.25) is 0 Å². The molecule has 0 atom stereocenters. The first-order valence-corrected chi connectivity index (χ1v) is 11.6. The van der Waals surface area contributed by atoms with E-state index in [9.17, 15) is 22.8 Å². The minimum atomic E-state index is -4.51. The summed E-state index contributed by atoms with van der Waals surface area (Å²) in [7, 11) is 0. The molecule has 2 N–H and O–H groups in total. The van der Waals surface area contributed by atoms with Crippen molar-refractivity contribution in [3.05, 3.63) is 139 Å². The monoisotopic (exact) mass is 504 g/mol. The Hall–Kier alpha value is -4.53. The topological polar surface area (TPSA) is 75.6 Å². The van der Waals surface area contributed by atoms with Crippen LogP contribution in [0.15, 0.2) is 94.5 Å². The first-order valence-electron chi connectivity index (χ1n) is 11.6. The summed E-state index contributed by atoms with van der Waals surface area (Å²) < 4.78 is 43.1. The van der Waals surface area contributed by atoms with E-state index in [1.165, 1.54) is 12.1 Å². The summed E-state index contributed by atoms with van der Waals surface area (Å²) >= 11 is 0. The van der Waals surface area contributed by atoms with Crippen LogP contribution in [-0.2, 0) is 6.18 Å². The molecule has 37 heavy (non-hydrogen) atoms. The van der Waals surface area contributed by atoms with E-state index in [1.54, 1.807) is 23.2 Å². The molecule has 188 valence electrons. The maximum atomic E-state index is 13.4. The Bertz CT molecular complexity index is 1560. The Balaban J connectivity index is 1.76. The third kappa shape index (κ3) is 4.33. The smallest absolute Gasteiger partial charge is 0.268 e. The van der Waals surface area contributed by atoms with Gasteiger partial charge in [0, 0.05) is 17.3 Å². The second-order valence-electron chi connectivity index (χ2n) is 8.77. The highest BCUT2D eigenvalue weighted by atomic mass is 19.4. The molecule has 0 saturated heterocycles. The quantitative estimate of drug-likeness (QED) is 0.334. The molecule has 5 aromatic rings. The highest BCUT2D eigenvalue weighted by Gasteiger charge is 2.33. The Morgan fingerprint density at radius 2 is 1.05 bits per heavy atom. The van der Waals surface area contributed by atoms with Crippen molar-refractivity contribution < 1.29 is 13.2 Å². The van der Waals surface area contributed by atoms with Crippen molar-refractivity contribution in [2.45, 2.75) is 25.9 Å². The fourth-order valence-electron chi connectivity index (χ4n) is 4.75. The van der Waals surface area contributed by atoms with Crippen molar-refractivity contribution in [3.8, 4) is 11.4 Å². The van der Waals surface area contributed by atoms with Gasteiger partial charge < -0.3 is 0 Å². The maximum Gasteiger partial charge on any atom is 0.416 e. The van der Waals surface area contributed by atoms with Gasteiger partial charge in [-0.25, -0.2) is 0 Å². The largest absolute Gasteiger partial charge is 0.416 e. The number of benzene rings is 3. The second kappa shape index (κ2) is 9.16. The van der Waals surface area contributed by atoms with Crippen molar-refractivity contribution >= 4 is 0 Å². The molecular formula is C28H23F3N4O2. The van der Waals surface area contributed by atoms with Gasteiger partial charge in [0.15, 0.2) is 0 Å². The van der Waals surface area contributed by atoms with Crippen molar-refractivity contribution in [2.75, 3.05) is 0 Å². The summed E-state index contributed by atoms with van der Waals surface area (Å²) in [6, 6.07) is 22.9. The minimum absolute atomic E-state index is 0.281. The van der Waals surface area contributed by atoms with Crippen LogP contribution >= 0.6 is 0 Å². The summed E-state index contributed by atoms with van der Waals surface area (Å²) in [6.07, 6.45) is -4.51. The predicted octanol–water partition coefficient (Wildman–Crippen LogP) is 5.46. The van der Waals surface area contributed by atoms with Crippen LogP contribution in [0.5, 0.6) is 0 Å². The number of halogens is 3. The molecule has 2 aromatic heterocycles. The Morgan fingerprint density at radius 3 is 1.43 bits per heavy atom. The number of aromatic nitrogens is 4. The molecule has 9 heteroatoms. The lowest BCUT2D eigenvalue weighted by atomic mass is 9.85. The summed E-state index contributed by atoms with van der Waals surface area (Å²) in [5.41, 5.74) is 1.80. The summed E-state index contributed by atoms with van der Waals surface area (Å²) in [5.74, 6) is -0.912. The van der Waals surface area contributed by atoms with E-state index in [-0.39, 0.29) is 11.1 Å². The lowest BCUT2D eigenvalue weighted by molar-refractivity contribution is -0.137. The molecular weight excluding hydrogens is 481 g/mol. The van der Waals surface area contributed by atoms with Crippen LogP contribution in [-0.4, -0.2) is 19.6 Å². The Labute approximate surface area is 209 Å². The maximum absolute atomic E-state index is 13.4. The Kier molecular flexibility index (Phi) is 5.99. The second-order valence-corrected chi connectivity index (χ2v) is 8.77. The standard InChI is InChI=1S/C28H23F3N4O2/c1-17-23(26(36)32-34(17)21-9-5-3-6-10-21)25(19-13-15-20(16-14-19)28(29,30)31)24-18(2)35(33-27(24)37)22-11-7-4-8-12-22/h3-16,25H,1-2H3,(H,32,36)(H,33,37). The summed E-state index contributed by atoms with van der Waals surface area (Å²) in [5, 5.41) is 5.65. The highest BCUT2D eigenvalue weighted by Crippen LogP contribution is 2.35. The lowest BCUT2D eigenvalue weighted by Gasteiger charge is -2.18. The molecule has 0 unspecified atom stereocenters. The molecule has 0 aliphatic carbocycles. The van der Waals surface area contributed by atoms with E-state index >= 15 is 0 Å². The molecule has 6 nitrogen and oxygen atoms in total. The molecule has 5 rings (SSSR count). The van der Waals surface area contributed by atoms with Gasteiger partial charge in [0.25, 0.3) is 11.1 Å². The van der Waals surface area contributed by atoms with E-state index in [0.717, 1.165) is 12.1 Å². The zero-order valence-corrected chi connectivity index (χ0v) is 20.0. The molecule has 3 aromatic carbocycles. The van der Waals surface area contributed by atoms with Crippen LogP contribution in [0.1, 0.15) is 39.6 Å². The molecule has 0 fully saturated rings. The fraction of sp³-hybridized carbons (Fsp3) is 0.143. The molecule has 2 heterocycles. The average molecular weight is 505 g/mol. The van der Waals surface area contributed by atoms with Gasteiger partial charge in [-0.3, -0.25) is 29.2 Å². The van der Waals surface area contributed by atoms with Gasteiger partial charge >= 0.3 is 6.18 Å². The van der Waals surface area contributed by atoms with Gasteiger partial charge in [0.1, 0.15) is 0 Å². The van der Waals surface area contributed by atoms with Gasteiger partial charge in [-0.15, -0.1) is 0 Å². The molecule has 0 amide bonds. The first kappa shape index (κ1) is 24.2. The van der Waals surface area contributed by atoms with Crippen molar-refractivity contribution in [2.24, 2.45) is 0 Å². The van der Waals surface area contributed by atoms with Gasteiger partial charge in [-0.05, 0) is 55.8 Å². The zero-order valence-electron chi connectivity index (χ0n) is 20.0. The third-order valence-electron chi connectivity index (χ3n) is 6.54. The van der Waals surface area contributed by atoms with E-state index < -0.39 is 28.8 Å². The molecule has 0 aliphatic heterocycles. The molecule has 0 spiro atoms. The number of aromatic amines is 2. The van der Waals surface area contributed by atoms with E-state index in [2.05, 4.69) is 10.2 Å². The number of nitrogens with zero attached hydrogens (tertiary/aromatic N) is 2. The summed E-state index contributed by atoms with van der Waals surface area (Å²) in [6.45, 7) is 3.49. The van der Waals surface area contributed by atoms with Crippen LogP contribution in [0.25, 0.3) is 11.4 Å². The number of para-hydroxylation sites is 2. The number of hydrogen-bond acceptors (Lipinski definition) is 2. The Morgan fingerprint density at radius 1 is 0.649 bits per heavy atom. The lowest BCUT2D eigenvalue weighted by Crippen LogP contribution is -2.20. The third-order valence-corrected chi connectivity index (χ3v) is 6.54. The minimum Gasteiger partial charge on any atom is -0.268 e. The van der Waals surface area contributed by atoms with Crippen LogP contribution in [0, 0.1) is 13.8 Å². The number of H-pyrrole nitrogens is 2. The zero-order chi connectivity index (χ0) is 26.3. The average Bonchev–Trinajstić information content (AvgIpc) is 3.35. The number of alkyl halides is 3. The van der Waals surface area contributed by atoms with E-state index in [1.807, 2.05) is 60.7 Å². The van der Waals surface area contributed by atoms with Crippen molar-refractivity contribution in [3.63, 3.8) is 0 Å². The van der Waals surface area contributed by atoms with Gasteiger partial charge in [-0.2, -0.15) is 13.2 Å². The van der Waals surface area contributed by atoms with E-state index in [4.69, 9.17) is 0 Å². The fourth-order valence-corrected chi connectivity index (χ4v) is 4.75. The van der Waals surface area contributed by atoms with Gasteiger partial charge in [-0.1, -0.05) is 48.5 Å². The number of nitrogens with one attached hydrogen (secondary N) is 2. The molecule has 0 saturated carbocycles. The first-order chi connectivity index (χ1) is 17.7. The highest BCUT2D eigenvalue weighted by molar-refractivity contribution is 5.49. The number of hydrogen-bond donors (Lipinski definition) is 2. The summed E-state index contributed by atoms with van der Waals surface area (Å²) in [4.78, 5) is 26.7. The van der Waals surface area contributed by atoms with Crippen LogP contribution in [0.3, 0.4) is 0 Å². The SMILES string of the molecule is Cc1c(C(c2ccc(C(F)(F)F)cc2)c2c(C)n(-c3ccccc3)[nH]c2=O)c(=O)[nH]n1-c1ccccc1. The van der Waals surface area contributed by atoms with E-state index in [0.29, 0.717) is 28.3 Å². The molecule has 0 radical (unpaired) electrons. The van der Waals surface area contributed by atoms with Crippen molar-refractivity contribution in [1.29, 1.82) is 0 Å². The van der Waals surface area contributed by atoms with Crippen LogP contribution in [0.2, 0.25) is 0 Å². The normalized spacial score (nSPS) is 11.8. The predicted molar refractivity (Wildman–Crippen MR) is 135 cm³/mol. The van der Waals surface area contributed by atoms with Crippen molar-refractivity contribution in [1.82, 2.24) is 19.6 Å². The molecule has 0 bridgehead atoms.